The fourth-order valence-electron chi connectivity index (χ4n) is 4.54. The van der Waals surface area contributed by atoms with Gasteiger partial charge in [-0.25, -0.2) is 0 Å². The highest BCUT2D eigenvalue weighted by molar-refractivity contribution is 6.30. The summed E-state index contributed by atoms with van der Waals surface area (Å²) in [6, 6.07) is 13.8. The summed E-state index contributed by atoms with van der Waals surface area (Å²) >= 11 is 6.07. The maximum atomic E-state index is 13.1. The fourth-order valence-corrected chi connectivity index (χ4v) is 4.72. The van der Waals surface area contributed by atoms with Gasteiger partial charge in [-0.1, -0.05) is 30.5 Å². The Morgan fingerprint density at radius 2 is 1.87 bits per heavy atom. The van der Waals surface area contributed by atoms with E-state index in [0.717, 1.165) is 43.5 Å². The topological polar surface area (TPSA) is 44.8 Å². The zero-order chi connectivity index (χ0) is 20.9. The predicted molar refractivity (Wildman–Crippen MR) is 120 cm³/mol. The van der Waals surface area contributed by atoms with E-state index in [1.54, 1.807) is 6.07 Å². The first-order valence-corrected chi connectivity index (χ1v) is 11.3. The van der Waals surface area contributed by atoms with Gasteiger partial charge in [0.05, 0.1) is 0 Å². The van der Waals surface area contributed by atoms with Gasteiger partial charge in [-0.15, -0.1) is 0 Å². The molecular weight excluding hydrogens is 398 g/mol. The van der Waals surface area contributed by atoms with Gasteiger partial charge in [-0.3, -0.25) is 9.69 Å². The first kappa shape index (κ1) is 21.2. The lowest BCUT2D eigenvalue weighted by atomic mass is 10.1. The number of hydrogen-bond acceptors (Lipinski definition) is 4. The summed E-state index contributed by atoms with van der Waals surface area (Å²) in [7, 11) is 1.89. The van der Waals surface area contributed by atoms with Crippen LogP contribution >= 0.6 is 11.6 Å². The molecule has 1 amide bonds. The van der Waals surface area contributed by atoms with Crippen molar-refractivity contribution in [3.63, 3.8) is 0 Å². The van der Waals surface area contributed by atoms with E-state index >= 15 is 0 Å². The number of amides is 1. The molecule has 2 fully saturated rings. The molecule has 0 bridgehead atoms. The van der Waals surface area contributed by atoms with Gasteiger partial charge in [0, 0.05) is 54.9 Å². The van der Waals surface area contributed by atoms with Crippen molar-refractivity contribution in [2.24, 2.45) is 0 Å². The highest BCUT2D eigenvalue weighted by Crippen LogP contribution is 2.29. The van der Waals surface area contributed by atoms with Gasteiger partial charge in [0.2, 0.25) is 0 Å². The Balaban J connectivity index is 1.44. The molecule has 1 aliphatic heterocycles. The van der Waals surface area contributed by atoms with Crippen LogP contribution in [0.1, 0.15) is 41.6 Å². The Bertz CT molecular complexity index is 875. The molecule has 1 saturated heterocycles. The zero-order valence-corrected chi connectivity index (χ0v) is 18.3. The van der Waals surface area contributed by atoms with Crippen molar-refractivity contribution >= 4 is 17.5 Å². The third-order valence-corrected chi connectivity index (χ3v) is 6.38. The van der Waals surface area contributed by atoms with Crippen LogP contribution in [0.2, 0.25) is 5.02 Å². The van der Waals surface area contributed by atoms with Crippen LogP contribution in [0.15, 0.2) is 42.5 Å². The average Bonchev–Trinajstić information content (AvgIpc) is 3.30. The van der Waals surface area contributed by atoms with Crippen LogP contribution in [0.5, 0.6) is 11.5 Å². The Morgan fingerprint density at radius 3 is 2.57 bits per heavy atom. The monoisotopic (exact) mass is 427 g/mol. The zero-order valence-electron chi connectivity index (χ0n) is 17.6. The Morgan fingerprint density at radius 1 is 1.10 bits per heavy atom. The van der Waals surface area contributed by atoms with E-state index in [0.29, 0.717) is 22.9 Å². The Labute approximate surface area is 184 Å². The van der Waals surface area contributed by atoms with Crippen LogP contribution in [0, 0.1) is 0 Å². The number of carbonyl (C=O) groups is 1. The van der Waals surface area contributed by atoms with E-state index in [9.17, 15) is 4.79 Å². The lowest BCUT2D eigenvalue weighted by Crippen LogP contribution is -2.51. The lowest BCUT2D eigenvalue weighted by molar-refractivity contribution is 0.0573. The molecule has 0 spiro atoms. The minimum Gasteiger partial charge on any atom is -0.457 e. The number of benzene rings is 2. The summed E-state index contributed by atoms with van der Waals surface area (Å²) in [4.78, 5) is 17.7. The molecule has 0 radical (unpaired) electrons. The van der Waals surface area contributed by atoms with Gasteiger partial charge in [0.15, 0.2) is 0 Å². The molecule has 1 saturated carbocycles. The van der Waals surface area contributed by atoms with Crippen LogP contribution in [0.4, 0.5) is 0 Å². The first-order chi connectivity index (χ1) is 14.6. The van der Waals surface area contributed by atoms with E-state index in [-0.39, 0.29) is 5.91 Å². The van der Waals surface area contributed by atoms with Crippen LogP contribution in [0.3, 0.4) is 0 Å². The lowest BCUT2D eigenvalue weighted by Gasteiger charge is -2.38. The SMILES string of the molecule is CNCc1cc(C(=O)N2CCN(C3CCCC3)CC2)ccc1Oc1cccc(Cl)c1. The van der Waals surface area contributed by atoms with Crippen LogP contribution in [0.25, 0.3) is 0 Å². The number of nitrogens with zero attached hydrogens (tertiary/aromatic N) is 2. The molecule has 0 atom stereocenters. The van der Waals surface area contributed by atoms with Crippen molar-refractivity contribution in [2.45, 2.75) is 38.3 Å². The van der Waals surface area contributed by atoms with Crippen molar-refractivity contribution in [3.05, 3.63) is 58.6 Å². The predicted octanol–water partition coefficient (Wildman–Crippen LogP) is 4.55. The number of halogens is 1. The van der Waals surface area contributed by atoms with Gasteiger partial charge in [-0.2, -0.15) is 0 Å². The standard InChI is InChI=1S/C24H30ClN3O2/c1-26-17-19-15-18(9-10-23(19)30-22-8-4-5-20(25)16-22)24(29)28-13-11-27(12-14-28)21-6-2-3-7-21/h4-5,8-10,15-16,21,26H,2-3,6-7,11-14,17H2,1H3. The minimum atomic E-state index is 0.104. The molecule has 0 aromatic heterocycles. The number of ether oxygens (including phenoxy) is 1. The molecule has 0 unspecified atom stereocenters. The van der Waals surface area contributed by atoms with Crippen molar-refractivity contribution in [1.29, 1.82) is 0 Å². The number of hydrogen-bond donors (Lipinski definition) is 1. The van der Waals surface area contributed by atoms with Crippen molar-refractivity contribution in [3.8, 4) is 11.5 Å². The Hall–Kier alpha value is -2.08. The Kier molecular flexibility index (Phi) is 6.93. The molecule has 1 heterocycles. The fraction of sp³-hybridized carbons (Fsp3) is 0.458. The van der Waals surface area contributed by atoms with Crippen molar-refractivity contribution in [2.75, 3.05) is 33.2 Å². The highest BCUT2D eigenvalue weighted by Gasteiger charge is 2.28. The van der Waals surface area contributed by atoms with E-state index in [4.69, 9.17) is 16.3 Å². The highest BCUT2D eigenvalue weighted by atomic mass is 35.5. The molecule has 2 aromatic carbocycles. The molecule has 1 aliphatic carbocycles. The normalized spacial score (nSPS) is 18.0. The molecule has 5 nitrogen and oxygen atoms in total. The van der Waals surface area contributed by atoms with E-state index in [1.165, 1.54) is 25.7 Å². The molecular formula is C24H30ClN3O2. The van der Waals surface area contributed by atoms with Gasteiger partial charge >= 0.3 is 0 Å². The third-order valence-electron chi connectivity index (χ3n) is 6.14. The largest absolute Gasteiger partial charge is 0.457 e. The molecule has 4 rings (SSSR count). The van der Waals surface area contributed by atoms with Gasteiger partial charge in [0.1, 0.15) is 11.5 Å². The first-order valence-electron chi connectivity index (χ1n) is 10.9. The third kappa shape index (κ3) is 4.97. The molecule has 6 heteroatoms. The number of carbonyl (C=O) groups excluding carboxylic acids is 1. The molecule has 160 valence electrons. The maximum Gasteiger partial charge on any atom is 0.253 e. The second-order valence-corrected chi connectivity index (χ2v) is 8.62. The number of rotatable bonds is 6. The van der Waals surface area contributed by atoms with E-state index in [1.807, 2.05) is 48.3 Å². The molecule has 1 N–H and O–H groups in total. The summed E-state index contributed by atoms with van der Waals surface area (Å²) in [5.74, 6) is 1.52. The number of piperazine rings is 1. The quantitative estimate of drug-likeness (QED) is 0.734. The smallest absolute Gasteiger partial charge is 0.253 e. The van der Waals surface area contributed by atoms with Crippen LogP contribution in [-0.4, -0.2) is 55.0 Å². The van der Waals surface area contributed by atoms with Gasteiger partial charge in [-0.05, 0) is 56.3 Å². The molecule has 30 heavy (non-hydrogen) atoms. The van der Waals surface area contributed by atoms with Crippen LogP contribution in [-0.2, 0) is 6.54 Å². The van der Waals surface area contributed by atoms with E-state index < -0.39 is 0 Å². The second-order valence-electron chi connectivity index (χ2n) is 8.18. The maximum absolute atomic E-state index is 13.1. The van der Waals surface area contributed by atoms with Crippen molar-refractivity contribution < 1.29 is 9.53 Å². The molecule has 2 aliphatic rings. The summed E-state index contributed by atoms with van der Waals surface area (Å²) < 4.78 is 6.04. The minimum absolute atomic E-state index is 0.104. The van der Waals surface area contributed by atoms with E-state index in [2.05, 4.69) is 10.2 Å². The van der Waals surface area contributed by atoms with Crippen molar-refractivity contribution in [1.82, 2.24) is 15.1 Å². The van der Waals surface area contributed by atoms with Gasteiger partial charge in [0.25, 0.3) is 5.91 Å². The number of nitrogens with one attached hydrogen (secondary N) is 1. The summed E-state index contributed by atoms with van der Waals surface area (Å²) in [5, 5.41) is 3.80. The van der Waals surface area contributed by atoms with Crippen LogP contribution < -0.4 is 10.1 Å². The summed E-state index contributed by atoms with van der Waals surface area (Å²) in [5.41, 5.74) is 1.67. The average molecular weight is 428 g/mol. The summed E-state index contributed by atoms with van der Waals surface area (Å²) in [6.45, 7) is 4.19. The summed E-state index contributed by atoms with van der Waals surface area (Å²) in [6.07, 6.45) is 5.33. The second kappa shape index (κ2) is 9.82. The van der Waals surface area contributed by atoms with Gasteiger partial charge < -0.3 is 15.0 Å². The molecule has 2 aromatic rings.